The molecule has 5 heterocycles. The van der Waals surface area contributed by atoms with E-state index in [4.69, 9.17) is 4.98 Å². The van der Waals surface area contributed by atoms with Gasteiger partial charge < -0.3 is 0 Å². The third-order valence-corrected chi connectivity index (χ3v) is 8.94. The molecule has 4 atom stereocenters. The van der Waals surface area contributed by atoms with Crippen molar-refractivity contribution in [2.75, 3.05) is 11.4 Å². The highest BCUT2D eigenvalue weighted by molar-refractivity contribution is 6.23. The lowest BCUT2D eigenvalue weighted by molar-refractivity contribution is -0.384. The summed E-state index contributed by atoms with van der Waals surface area (Å²) in [5.74, 6) is -1.84. The van der Waals surface area contributed by atoms with Gasteiger partial charge in [-0.05, 0) is 43.7 Å². The van der Waals surface area contributed by atoms with E-state index in [0.29, 0.717) is 29.0 Å². The summed E-state index contributed by atoms with van der Waals surface area (Å²) >= 11 is 0. The zero-order chi connectivity index (χ0) is 26.6. The molecule has 3 aromatic carbocycles. The lowest BCUT2D eigenvalue weighted by Crippen LogP contribution is -2.51. The molecule has 2 amide bonds. The maximum atomic E-state index is 14.4. The number of anilines is 1. The van der Waals surface area contributed by atoms with Gasteiger partial charge in [0.15, 0.2) is 0 Å². The molecule has 0 aliphatic carbocycles. The number of amides is 2. The van der Waals surface area contributed by atoms with Crippen molar-refractivity contribution in [1.29, 1.82) is 0 Å². The fourth-order valence-electron chi connectivity index (χ4n) is 7.61. The molecule has 8 rings (SSSR count). The molecular weight excluding hydrogens is 498 g/mol. The predicted octanol–water partition coefficient (Wildman–Crippen LogP) is 3.13. The number of nitrogens with zero attached hydrogens (tertiary/aromatic N) is 5. The van der Waals surface area contributed by atoms with Crippen molar-refractivity contribution < 1.29 is 14.5 Å². The largest absolute Gasteiger partial charge is 0.283 e. The van der Waals surface area contributed by atoms with Gasteiger partial charge in [0, 0.05) is 23.7 Å². The van der Waals surface area contributed by atoms with Gasteiger partial charge in [-0.2, -0.15) is 0 Å². The van der Waals surface area contributed by atoms with E-state index in [1.807, 2.05) is 30.3 Å². The Bertz CT molecular complexity index is 1850. The lowest BCUT2D eigenvalue weighted by Gasteiger charge is -2.38. The van der Waals surface area contributed by atoms with Gasteiger partial charge in [-0.3, -0.25) is 34.0 Å². The van der Waals surface area contributed by atoms with Crippen LogP contribution in [0.5, 0.6) is 0 Å². The number of imide groups is 1. The minimum Gasteiger partial charge on any atom is -0.283 e. The van der Waals surface area contributed by atoms with Gasteiger partial charge in [0.2, 0.25) is 11.8 Å². The second-order valence-corrected chi connectivity index (χ2v) is 10.6. The van der Waals surface area contributed by atoms with Crippen molar-refractivity contribution in [2.45, 2.75) is 24.4 Å². The van der Waals surface area contributed by atoms with Gasteiger partial charge in [0.05, 0.1) is 39.0 Å². The van der Waals surface area contributed by atoms with Crippen molar-refractivity contribution in [3.05, 3.63) is 105 Å². The topological polar surface area (TPSA) is 119 Å². The number of aromatic nitrogens is 2. The molecule has 4 aliphatic heterocycles. The maximum Gasteiger partial charge on any atom is 0.271 e. The number of benzene rings is 3. The van der Waals surface area contributed by atoms with Crippen LogP contribution in [0.2, 0.25) is 0 Å². The van der Waals surface area contributed by atoms with E-state index >= 15 is 0 Å². The molecule has 39 heavy (non-hydrogen) atoms. The van der Waals surface area contributed by atoms with E-state index < -0.39 is 28.2 Å². The fourth-order valence-corrected chi connectivity index (χ4v) is 7.61. The van der Waals surface area contributed by atoms with Crippen molar-refractivity contribution in [3.63, 3.8) is 0 Å². The summed E-state index contributed by atoms with van der Waals surface area (Å²) in [6.07, 6.45) is 1.57. The molecule has 0 N–H and O–H groups in total. The van der Waals surface area contributed by atoms with Crippen LogP contribution in [0.25, 0.3) is 16.6 Å². The van der Waals surface area contributed by atoms with Crippen LogP contribution in [0.15, 0.2) is 77.6 Å². The number of non-ortho nitro benzene ring substituents is 1. The standard InChI is InChI=1S/C29H21N5O5/c35-25-18-9-1-3-11-20(18)30-28-29(19-10-2-4-12-21(19)33(25)28)24-23(22-13-6-14-31(22)29)26(36)32(27(24)37)16-7-5-8-17(15-16)34(38)39/h1-5,7-12,15,22-24H,6,13-14H2/t22-,23-,24+,29+/m0/s1. The summed E-state index contributed by atoms with van der Waals surface area (Å²) < 4.78 is 1.61. The van der Waals surface area contributed by atoms with Crippen LogP contribution < -0.4 is 10.5 Å². The van der Waals surface area contributed by atoms with E-state index in [1.165, 1.54) is 18.2 Å². The maximum absolute atomic E-state index is 14.4. The van der Waals surface area contributed by atoms with Gasteiger partial charge in [-0.15, -0.1) is 0 Å². The molecule has 0 bridgehead atoms. The summed E-state index contributed by atoms with van der Waals surface area (Å²) in [6.45, 7) is 0.659. The molecule has 4 aromatic rings. The number of nitro benzene ring substituents is 1. The number of hydrogen-bond donors (Lipinski definition) is 0. The Kier molecular flexibility index (Phi) is 4.26. The Labute approximate surface area is 221 Å². The summed E-state index contributed by atoms with van der Waals surface area (Å²) in [5, 5.41) is 11.9. The summed E-state index contributed by atoms with van der Waals surface area (Å²) in [6, 6.07) is 20.1. The number of fused-ring (bicyclic) bond motifs is 11. The van der Waals surface area contributed by atoms with Gasteiger partial charge in [0.1, 0.15) is 11.4 Å². The Morgan fingerprint density at radius 2 is 1.74 bits per heavy atom. The van der Waals surface area contributed by atoms with Crippen LogP contribution in [0.1, 0.15) is 24.2 Å². The molecule has 4 aliphatic rings. The first-order chi connectivity index (χ1) is 18.9. The highest BCUT2D eigenvalue weighted by Crippen LogP contribution is 2.62. The molecule has 1 spiro atoms. The van der Waals surface area contributed by atoms with E-state index in [9.17, 15) is 24.5 Å². The molecule has 0 radical (unpaired) electrons. The minimum absolute atomic E-state index is 0.184. The number of carbonyl (C=O) groups excluding carboxylic acids is 2. The van der Waals surface area contributed by atoms with E-state index in [0.717, 1.165) is 23.3 Å². The Morgan fingerprint density at radius 3 is 2.59 bits per heavy atom. The van der Waals surface area contributed by atoms with Crippen molar-refractivity contribution >= 4 is 34.1 Å². The van der Waals surface area contributed by atoms with Crippen LogP contribution in [0, 0.1) is 22.0 Å². The highest BCUT2D eigenvalue weighted by Gasteiger charge is 2.73. The number of para-hydroxylation sites is 2. The number of nitro groups is 1. The second kappa shape index (κ2) is 7.45. The normalized spacial score (nSPS) is 26.8. The van der Waals surface area contributed by atoms with E-state index in [2.05, 4.69) is 4.90 Å². The first-order valence-electron chi connectivity index (χ1n) is 13.0. The summed E-state index contributed by atoms with van der Waals surface area (Å²) in [5.41, 5.74) is 0.636. The fraction of sp³-hybridized carbons (Fsp3) is 0.241. The monoisotopic (exact) mass is 519 g/mol. The SMILES string of the molecule is O=C1[C@H]2[C@@H]3CCCN3[C@]3(c4ccccc4-n4c3nc3ccccc3c4=O)[C@H]2C(=O)N1c1cccc([N+](=O)[O-])c1. The lowest BCUT2D eigenvalue weighted by atomic mass is 9.75. The summed E-state index contributed by atoms with van der Waals surface area (Å²) in [4.78, 5) is 61.7. The average Bonchev–Trinajstić information content (AvgIpc) is 3.66. The Hall–Kier alpha value is -4.70. The number of rotatable bonds is 2. The quantitative estimate of drug-likeness (QED) is 0.227. The van der Waals surface area contributed by atoms with Gasteiger partial charge in [-0.25, -0.2) is 9.88 Å². The molecule has 10 heteroatoms. The zero-order valence-electron chi connectivity index (χ0n) is 20.6. The molecule has 192 valence electrons. The molecule has 3 fully saturated rings. The van der Waals surface area contributed by atoms with Gasteiger partial charge in [-0.1, -0.05) is 36.4 Å². The van der Waals surface area contributed by atoms with Crippen LogP contribution in [0.3, 0.4) is 0 Å². The third-order valence-electron chi connectivity index (χ3n) is 8.94. The first kappa shape index (κ1) is 22.3. The van der Waals surface area contributed by atoms with E-state index in [1.54, 1.807) is 28.8 Å². The van der Waals surface area contributed by atoms with Crippen molar-refractivity contribution in [2.24, 2.45) is 11.8 Å². The minimum atomic E-state index is -1.12. The highest BCUT2D eigenvalue weighted by atomic mass is 16.6. The predicted molar refractivity (Wildman–Crippen MR) is 140 cm³/mol. The van der Waals surface area contributed by atoms with Crippen molar-refractivity contribution in [3.8, 4) is 5.69 Å². The zero-order valence-corrected chi connectivity index (χ0v) is 20.6. The average molecular weight is 520 g/mol. The second-order valence-electron chi connectivity index (χ2n) is 10.6. The van der Waals surface area contributed by atoms with E-state index in [-0.39, 0.29) is 28.9 Å². The first-order valence-corrected chi connectivity index (χ1v) is 13.0. The smallest absolute Gasteiger partial charge is 0.271 e. The summed E-state index contributed by atoms with van der Waals surface area (Å²) in [7, 11) is 0. The number of hydrogen-bond acceptors (Lipinski definition) is 7. The molecule has 1 aromatic heterocycles. The van der Waals surface area contributed by atoms with Crippen LogP contribution in [0.4, 0.5) is 11.4 Å². The van der Waals surface area contributed by atoms with Crippen LogP contribution in [-0.4, -0.2) is 43.8 Å². The molecule has 10 nitrogen and oxygen atoms in total. The van der Waals surface area contributed by atoms with Gasteiger partial charge >= 0.3 is 0 Å². The van der Waals surface area contributed by atoms with Gasteiger partial charge in [0.25, 0.3) is 11.2 Å². The van der Waals surface area contributed by atoms with Crippen LogP contribution >= 0.6 is 0 Å². The third kappa shape index (κ3) is 2.54. The van der Waals surface area contributed by atoms with Crippen molar-refractivity contribution in [1.82, 2.24) is 14.5 Å². The molecule has 0 saturated carbocycles. The number of carbonyl (C=O) groups is 2. The van der Waals surface area contributed by atoms with Crippen LogP contribution in [-0.2, 0) is 15.1 Å². The molecule has 3 saturated heterocycles. The molecular formula is C29H21N5O5. The Morgan fingerprint density at radius 1 is 0.949 bits per heavy atom. The molecule has 0 unspecified atom stereocenters. The Balaban J connectivity index is 1.42.